The Kier molecular flexibility index (Phi) is 7.53. The van der Waals surface area contributed by atoms with Gasteiger partial charge in [0.15, 0.2) is 0 Å². The van der Waals surface area contributed by atoms with Gasteiger partial charge in [-0.3, -0.25) is 4.79 Å². The first-order valence-electron chi connectivity index (χ1n) is 11.0. The van der Waals surface area contributed by atoms with E-state index < -0.39 is 12.1 Å². The highest BCUT2D eigenvalue weighted by atomic mass is 32.1. The Bertz CT molecular complexity index is 1330. The minimum atomic E-state index is -0.791. The largest absolute Gasteiger partial charge is 0.353 e. The van der Waals surface area contributed by atoms with Gasteiger partial charge >= 0.3 is 6.03 Å². The quantitative estimate of drug-likeness (QED) is 0.305. The Morgan fingerprint density at radius 3 is 2.50 bits per heavy atom. The monoisotopic (exact) mass is 468 g/mol. The maximum absolute atomic E-state index is 13.0. The van der Waals surface area contributed by atoms with Crippen molar-refractivity contribution in [2.24, 2.45) is 0 Å². The van der Waals surface area contributed by atoms with Crippen LogP contribution in [-0.4, -0.2) is 24.5 Å². The van der Waals surface area contributed by atoms with E-state index in [9.17, 15) is 9.59 Å². The maximum atomic E-state index is 13.0. The van der Waals surface area contributed by atoms with E-state index in [2.05, 4.69) is 16.0 Å². The number of nitrogens with zero attached hydrogens (tertiary/aromatic N) is 1. The zero-order chi connectivity index (χ0) is 23.8. The van der Waals surface area contributed by atoms with E-state index >= 15 is 0 Å². The van der Waals surface area contributed by atoms with Crippen LogP contribution < -0.4 is 16.0 Å². The van der Waals surface area contributed by atoms with Gasteiger partial charge in [-0.15, -0.1) is 11.3 Å². The molecule has 1 unspecified atom stereocenters. The molecule has 1 heterocycles. The molecular weight excluding hydrogens is 444 g/mol. The van der Waals surface area contributed by atoms with Crippen LogP contribution in [0.1, 0.15) is 12.0 Å². The van der Waals surface area contributed by atoms with Crippen LogP contribution in [-0.2, 0) is 11.2 Å². The molecule has 4 rings (SSSR count). The molecule has 0 fully saturated rings. The standard InChI is InChI=1S/C27H24N4O2S/c28-15-8-16-29-26(32)24(17-20-18-34-25-14-7-5-12-22(20)25)31-27(33)30-23-13-6-4-11-21(23)19-9-2-1-3-10-19/h1-7,9-14,18,24H,8,16-17H2,(H,29,32)(H2,30,31,33). The van der Waals surface area contributed by atoms with E-state index in [-0.39, 0.29) is 18.9 Å². The summed E-state index contributed by atoms with van der Waals surface area (Å²) in [5, 5.41) is 20.4. The van der Waals surface area contributed by atoms with E-state index in [1.807, 2.05) is 90.3 Å². The number of amides is 3. The molecule has 6 nitrogen and oxygen atoms in total. The molecule has 3 amide bonds. The molecule has 34 heavy (non-hydrogen) atoms. The van der Waals surface area contributed by atoms with Gasteiger partial charge in [-0.25, -0.2) is 4.79 Å². The second-order valence-electron chi connectivity index (χ2n) is 7.72. The van der Waals surface area contributed by atoms with E-state index in [4.69, 9.17) is 5.26 Å². The molecule has 0 aliphatic carbocycles. The number of anilines is 1. The van der Waals surface area contributed by atoms with Crippen molar-refractivity contribution in [3.63, 3.8) is 0 Å². The van der Waals surface area contributed by atoms with E-state index in [1.165, 1.54) is 0 Å². The molecule has 170 valence electrons. The van der Waals surface area contributed by atoms with Crippen molar-refractivity contribution in [3.05, 3.63) is 89.8 Å². The number of rotatable bonds is 8. The van der Waals surface area contributed by atoms with Crippen molar-refractivity contribution in [2.45, 2.75) is 18.9 Å². The van der Waals surface area contributed by atoms with Gasteiger partial charge in [0.2, 0.25) is 5.91 Å². The Hall–Kier alpha value is -4.15. The summed E-state index contributed by atoms with van der Waals surface area (Å²) in [6.45, 7) is 0.232. The number of nitrogens with one attached hydrogen (secondary N) is 3. The lowest BCUT2D eigenvalue weighted by molar-refractivity contribution is -0.122. The summed E-state index contributed by atoms with van der Waals surface area (Å²) in [5.74, 6) is -0.322. The average Bonchev–Trinajstić information content (AvgIpc) is 3.27. The van der Waals surface area contributed by atoms with E-state index in [0.29, 0.717) is 12.1 Å². The van der Waals surface area contributed by atoms with Crippen LogP contribution in [0, 0.1) is 11.3 Å². The highest BCUT2D eigenvalue weighted by Gasteiger charge is 2.23. The lowest BCUT2D eigenvalue weighted by Crippen LogP contribution is -2.49. The molecule has 7 heteroatoms. The number of benzene rings is 3. The molecule has 1 atom stereocenters. The summed E-state index contributed by atoms with van der Waals surface area (Å²) in [7, 11) is 0. The third-order valence-corrected chi connectivity index (χ3v) is 6.42. The number of fused-ring (bicyclic) bond motifs is 1. The fourth-order valence-electron chi connectivity index (χ4n) is 3.76. The summed E-state index contributed by atoms with van der Waals surface area (Å²) in [6, 6.07) is 26.1. The predicted octanol–water partition coefficient (Wildman–Crippen LogP) is 5.33. The number of carbonyl (C=O) groups is 2. The third-order valence-electron chi connectivity index (χ3n) is 5.40. The molecule has 0 aliphatic heterocycles. The molecule has 0 aliphatic rings. The van der Waals surface area contributed by atoms with Crippen molar-refractivity contribution in [1.29, 1.82) is 5.26 Å². The Morgan fingerprint density at radius 2 is 1.68 bits per heavy atom. The number of carbonyl (C=O) groups excluding carboxylic acids is 2. The normalized spacial score (nSPS) is 11.4. The number of hydrogen-bond donors (Lipinski definition) is 3. The molecule has 0 bridgehead atoms. The number of hydrogen-bond acceptors (Lipinski definition) is 4. The summed E-state index contributed by atoms with van der Waals surface area (Å²) in [5.41, 5.74) is 3.51. The lowest BCUT2D eigenvalue weighted by Gasteiger charge is -2.19. The first kappa shape index (κ1) is 23.0. The van der Waals surface area contributed by atoms with Crippen LogP contribution in [0.5, 0.6) is 0 Å². The van der Waals surface area contributed by atoms with Crippen molar-refractivity contribution < 1.29 is 9.59 Å². The van der Waals surface area contributed by atoms with Crippen LogP contribution in [0.25, 0.3) is 21.2 Å². The minimum absolute atomic E-state index is 0.205. The zero-order valence-electron chi connectivity index (χ0n) is 18.5. The Balaban J connectivity index is 1.53. The fraction of sp³-hybridized carbons (Fsp3) is 0.148. The summed E-state index contributed by atoms with van der Waals surface area (Å²) < 4.78 is 1.13. The minimum Gasteiger partial charge on any atom is -0.353 e. The van der Waals surface area contributed by atoms with Crippen LogP contribution >= 0.6 is 11.3 Å². The van der Waals surface area contributed by atoms with Gasteiger partial charge in [0.05, 0.1) is 18.2 Å². The molecule has 3 aromatic carbocycles. The van der Waals surface area contributed by atoms with Crippen LogP contribution in [0.2, 0.25) is 0 Å². The fourth-order valence-corrected chi connectivity index (χ4v) is 4.74. The van der Waals surface area contributed by atoms with Gasteiger partial charge in [0.1, 0.15) is 6.04 Å². The van der Waals surface area contributed by atoms with Gasteiger partial charge in [-0.2, -0.15) is 5.26 Å². The molecule has 1 aromatic heterocycles. The van der Waals surface area contributed by atoms with E-state index in [1.54, 1.807) is 11.3 Å². The maximum Gasteiger partial charge on any atom is 0.319 e. The topological polar surface area (TPSA) is 94.0 Å². The average molecular weight is 469 g/mol. The smallest absolute Gasteiger partial charge is 0.319 e. The molecule has 0 spiro atoms. The molecular formula is C27H24N4O2S. The van der Waals surface area contributed by atoms with Gasteiger partial charge in [0.25, 0.3) is 0 Å². The van der Waals surface area contributed by atoms with Crippen LogP contribution in [0.3, 0.4) is 0 Å². The van der Waals surface area contributed by atoms with Crippen LogP contribution in [0.4, 0.5) is 10.5 Å². The molecule has 0 radical (unpaired) electrons. The highest BCUT2D eigenvalue weighted by molar-refractivity contribution is 7.17. The van der Waals surface area contributed by atoms with Crippen molar-refractivity contribution in [2.75, 3.05) is 11.9 Å². The second-order valence-corrected chi connectivity index (χ2v) is 8.63. The lowest BCUT2D eigenvalue weighted by atomic mass is 10.0. The van der Waals surface area contributed by atoms with Gasteiger partial charge in [0, 0.05) is 23.2 Å². The SMILES string of the molecule is N#CCCNC(=O)C(Cc1csc2ccccc12)NC(=O)Nc1ccccc1-c1ccccc1. The molecule has 0 saturated heterocycles. The zero-order valence-corrected chi connectivity index (χ0v) is 19.3. The molecule has 4 aromatic rings. The number of urea groups is 1. The predicted molar refractivity (Wildman–Crippen MR) is 137 cm³/mol. The van der Waals surface area contributed by atoms with Crippen molar-refractivity contribution >= 4 is 39.0 Å². The van der Waals surface area contributed by atoms with Crippen molar-refractivity contribution in [1.82, 2.24) is 10.6 Å². The first-order chi connectivity index (χ1) is 16.7. The van der Waals surface area contributed by atoms with Crippen LogP contribution in [0.15, 0.2) is 84.2 Å². The van der Waals surface area contributed by atoms with Crippen molar-refractivity contribution in [3.8, 4) is 17.2 Å². The highest BCUT2D eigenvalue weighted by Crippen LogP contribution is 2.28. The molecule has 3 N–H and O–H groups in total. The molecule has 0 saturated carbocycles. The number of nitriles is 1. The van der Waals surface area contributed by atoms with E-state index in [0.717, 1.165) is 26.8 Å². The Labute approximate surface area is 202 Å². The van der Waals surface area contributed by atoms with Gasteiger partial charge < -0.3 is 16.0 Å². The second kappa shape index (κ2) is 11.1. The Morgan fingerprint density at radius 1 is 0.941 bits per heavy atom. The third kappa shape index (κ3) is 5.61. The summed E-state index contributed by atoms with van der Waals surface area (Å²) in [6.07, 6.45) is 0.548. The summed E-state index contributed by atoms with van der Waals surface area (Å²) in [4.78, 5) is 25.9. The van der Waals surface area contributed by atoms with Gasteiger partial charge in [-0.1, -0.05) is 66.7 Å². The first-order valence-corrected chi connectivity index (χ1v) is 11.9. The van der Waals surface area contributed by atoms with Gasteiger partial charge in [-0.05, 0) is 34.0 Å². The number of para-hydroxylation sites is 1. The summed E-state index contributed by atoms with van der Waals surface area (Å²) >= 11 is 1.61. The number of thiophene rings is 1.